The van der Waals surface area contributed by atoms with Crippen molar-refractivity contribution in [2.24, 2.45) is 0 Å². The number of methoxy groups -OCH3 is 2. The van der Waals surface area contributed by atoms with Crippen LogP contribution in [0.4, 0.5) is 4.79 Å². The van der Waals surface area contributed by atoms with Gasteiger partial charge in [0.1, 0.15) is 0 Å². The molecule has 158 valence electrons. The van der Waals surface area contributed by atoms with Gasteiger partial charge in [0.15, 0.2) is 12.1 Å². The summed E-state index contributed by atoms with van der Waals surface area (Å²) in [7, 11) is 2.49. The summed E-state index contributed by atoms with van der Waals surface area (Å²) in [6.45, 7) is 3.59. The molecule has 1 saturated heterocycles. The summed E-state index contributed by atoms with van der Waals surface area (Å²) < 4.78 is 9.98. The average Bonchev–Trinajstić information content (AvgIpc) is 3.07. The number of hydrogen-bond acceptors (Lipinski definition) is 5. The summed E-state index contributed by atoms with van der Waals surface area (Å²) in [5, 5.41) is 0. The number of carbonyl (C=O) groups excluding carboxylic acids is 3. The van der Waals surface area contributed by atoms with Gasteiger partial charge in [-0.1, -0.05) is 60.7 Å². The van der Waals surface area contributed by atoms with E-state index in [-0.39, 0.29) is 6.04 Å². The Kier molecular flexibility index (Phi) is 6.40. The lowest BCUT2D eigenvalue weighted by molar-refractivity contribution is -0.155. The molecule has 7 nitrogen and oxygen atoms in total. The lowest BCUT2D eigenvalue weighted by atomic mass is 9.95. The molecule has 1 fully saturated rings. The summed E-state index contributed by atoms with van der Waals surface area (Å²) in [4.78, 5) is 42.1. The third kappa shape index (κ3) is 3.75. The normalized spacial score (nSPS) is 18.8. The van der Waals surface area contributed by atoms with Crippen LogP contribution in [0.3, 0.4) is 0 Å². The number of amides is 2. The van der Waals surface area contributed by atoms with Crippen molar-refractivity contribution in [2.45, 2.75) is 38.0 Å². The van der Waals surface area contributed by atoms with E-state index < -0.39 is 36.1 Å². The van der Waals surface area contributed by atoms with Crippen molar-refractivity contribution in [3.63, 3.8) is 0 Å². The van der Waals surface area contributed by atoms with Gasteiger partial charge in [-0.3, -0.25) is 4.90 Å². The van der Waals surface area contributed by atoms with Crippen molar-refractivity contribution in [3.05, 3.63) is 71.8 Å². The van der Waals surface area contributed by atoms with E-state index >= 15 is 0 Å². The van der Waals surface area contributed by atoms with Crippen molar-refractivity contribution < 1.29 is 23.9 Å². The Labute approximate surface area is 176 Å². The van der Waals surface area contributed by atoms with E-state index in [1.807, 2.05) is 60.7 Å². The fourth-order valence-corrected chi connectivity index (χ4v) is 4.00. The molecular formula is C23H26N2O5. The highest BCUT2D eigenvalue weighted by Crippen LogP contribution is 2.38. The quantitative estimate of drug-likeness (QED) is 0.685. The van der Waals surface area contributed by atoms with Crippen LogP contribution in [-0.2, 0) is 19.1 Å². The van der Waals surface area contributed by atoms with Gasteiger partial charge in [0.2, 0.25) is 0 Å². The Balaban J connectivity index is 2.23. The summed E-state index contributed by atoms with van der Waals surface area (Å²) in [6, 6.07) is 15.2. The summed E-state index contributed by atoms with van der Waals surface area (Å²) >= 11 is 0. The van der Waals surface area contributed by atoms with Crippen molar-refractivity contribution in [3.8, 4) is 0 Å². The highest BCUT2D eigenvalue weighted by molar-refractivity contribution is 5.97. The van der Waals surface area contributed by atoms with Crippen LogP contribution in [0, 0.1) is 0 Å². The number of rotatable bonds is 6. The Morgan fingerprint density at radius 2 is 1.17 bits per heavy atom. The lowest BCUT2D eigenvalue weighted by Crippen LogP contribution is -2.50. The van der Waals surface area contributed by atoms with Gasteiger partial charge in [-0.05, 0) is 25.0 Å². The predicted octanol–water partition coefficient (Wildman–Crippen LogP) is 3.01. The molecule has 0 N–H and O–H groups in total. The second kappa shape index (κ2) is 8.98. The van der Waals surface area contributed by atoms with Gasteiger partial charge in [-0.25, -0.2) is 14.4 Å². The van der Waals surface area contributed by atoms with E-state index in [4.69, 9.17) is 9.47 Å². The second-order valence-electron chi connectivity index (χ2n) is 7.35. The minimum atomic E-state index is -1.15. The smallest absolute Gasteiger partial charge is 0.331 e. The van der Waals surface area contributed by atoms with E-state index in [1.165, 1.54) is 24.0 Å². The molecule has 1 aliphatic rings. The van der Waals surface area contributed by atoms with Gasteiger partial charge in [0.05, 0.1) is 20.3 Å². The van der Waals surface area contributed by atoms with E-state index in [1.54, 1.807) is 13.8 Å². The first-order chi connectivity index (χ1) is 14.4. The topological polar surface area (TPSA) is 76.2 Å². The van der Waals surface area contributed by atoms with Crippen LogP contribution < -0.4 is 0 Å². The molecule has 2 aromatic carbocycles. The maximum atomic E-state index is 13.6. The molecule has 0 aliphatic carbocycles. The van der Waals surface area contributed by atoms with E-state index in [2.05, 4.69) is 0 Å². The van der Waals surface area contributed by atoms with Crippen LogP contribution in [0.25, 0.3) is 0 Å². The first-order valence-corrected chi connectivity index (χ1v) is 9.78. The maximum absolute atomic E-state index is 13.6. The Bertz CT molecular complexity index is 861. The minimum absolute atomic E-state index is 0.328. The molecule has 2 amide bonds. The Hall–Kier alpha value is -3.35. The summed E-state index contributed by atoms with van der Waals surface area (Å²) in [5.41, 5.74) is 1.64. The molecule has 3 rings (SSSR count). The van der Waals surface area contributed by atoms with Crippen LogP contribution >= 0.6 is 0 Å². The SMILES string of the molecule is COC(=O)C1C(C(=O)OC)N(C(c2ccccc2)c2ccccc2)C(=O)N1C(C)C. The van der Waals surface area contributed by atoms with Crippen LogP contribution in [0.2, 0.25) is 0 Å². The predicted molar refractivity (Wildman–Crippen MR) is 111 cm³/mol. The first kappa shape index (κ1) is 21.4. The summed E-state index contributed by atoms with van der Waals surface area (Å²) in [5.74, 6) is -1.33. The van der Waals surface area contributed by atoms with E-state index in [0.29, 0.717) is 0 Å². The third-order valence-corrected chi connectivity index (χ3v) is 5.29. The summed E-state index contributed by atoms with van der Waals surface area (Å²) in [6.07, 6.45) is 0. The number of benzene rings is 2. The largest absolute Gasteiger partial charge is 0.467 e. The van der Waals surface area contributed by atoms with Crippen LogP contribution in [0.1, 0.15) is 31.0 Å². The molecule has 7 heteroatoms. The third-order valence-electron chi connectivity index (χ3n) is 5.29. The number of hydrogen-bond donors (Lipinski definition) is 0. The van der Waals surface area contributed by atoms with Crippen molar-refractivity contribution in [1.29, 1.82) is 0 Å². The molecule has 2 unspecified atom stereocenters. The van der Waals surface area contributed by atoms with Crippen LogP contribution in [0.15, 0.2) is 60.7 Å². The first-order valence-electron chi connectivity index (χ1n) is 9.78. The lowest BCUT2D eigenvalue weighted by Gasteiger charge is -2.32. The second-order valence-corrected chi connectivity index (χ2v) is 7.35. The van der Waals surface area contributed by atoms with Gasteiger partial charge in [0.25, 0.3) is 0 Å². The Morgan fingerprint density at radius 1 is 0.767 bits per heavy atom. The molecule has 1 heterocycles. The number of urea groups is 1. The van der Waals surface area contributed by atoms with E-state index in [0.717, 1.165) is 11.1 Å². The van der Waals surface area contributed by atoms with Crippen molar-refractivity contribution >= 4 is 18.0 Å². The van der Waals surface area contributed by atoms with Gasteiger partial charge in [-0.15, -0.1) is 0 Å². The van der Waals surface area contributed by atoms with Gasteiger partial charge >= 0.3 is 18.0 Å². The highest BCUT2D eigenvalue weighted by atomic mass is 16.5. The maximum Gasteiger partial charge on any atom is 0.331 e. The molecule has 30 heavy (non-hydrogen) atoms. The zero-order valence-electron chi connectivity index (χ0n) is 17.5. The van der Waals surface area contributed by atoms with Crippen molar-refractivity contribution in [1.82, 2.24) is 9.80 Å². The zero-order valence-corrected chi connectivity index (χ0v) is 17.5. The number of ether oxygens (including phenoxy) is 2. The fourth-order valence-electron chi connectivity index (χ4n) is 4.00. The fraction of sp³-hybridized carbons (Fsp3) is 0.348. The molecule has 0 bridgehead atoms. The monoisotopic (exact) mass is 410 g/mol. The molecule has 2 atom stereocenters. The van der Waals surface area contributed by atoms with Crippen LogP contribution in [-0.4, -0.2) is 60.1 Å². The molecule has 0 aromatic heterocycles. The zero-order chi connectivity index (χ0) is 21.8. The van der Waals surface area contributed by atoms with Crippen LogP contribution in [0.5, 0.6) is 0 Å². The molecule has 0 saturated carbocycles. The van der Waals surface area contributed by atoms with Gasteiger partial charge in [0, 0.05) is 6.04 Å². The molecule has 0 radical (unpaired) electrons. The number of esters is 2. The number of nitrogens with zero attached hydrogens (tertiary/aromatic N) is 2. The van der Waals surface area contributed by atoms with Crippen molar-refractivity contribution in [2.75, 3.05) is 14.2 Å². The highest BCUT2D eigenvalue weighted by Gasteiger charge is 2.57. The standard InChI is InChI=1S/C23H26N2O5/c1-15(2)24-19(21(26)29-3)20(22(27)30-4)25(23(24)28)18(16-11-7-5-8-12-16)17-13-9-6-10-14-17/h5-15,18-20H,1-4H3. The minimum Gasteiger partial charge on any atom is -0.467 e. The molecule has 0 spiro atoms. The molecule has 2 aromatic rings. The van der Waals surface area contributed by atoms with Gasteiger partial charge in [-0.2, -0.15) is 0 Å². The Morgan fingerprint density at radius 3 is 1.53 bits per heavy atom. The van der Waals surface area contributed by atoms with E-state index in [9.17, 15) is 14.4 Å². The van der Waals surface area contributed by atoms with Gasteiger partial charge < -0.3 is 14.4 Å². The molecular weight excluding hydrogens is 384 g/mol. The molecule has 1 aliphatic heterocycles. The number of carbonyl (C=O) groups is 3. The average molecular weight is 410 g/mol.